The third-order valence-corrected chi connectivity index (χ3v) is 12.1. The van der Waals surface area contributed by atoms with Crippen molar-refractivity contribution >= 4 is 28.5 Å². The van der Waals surface area contributed by atoms with Crippen LogP contribution in [0.25, 0.3) is 16.0 Å². The Morgan fingerprint density at radius 1 is 0.971 bits per heavy atom. The molecule has 0 saturated heterocycles. The molecule has 7 rings (SSSR count). The second kappa shape index (κ2) is 6.72. The van der Waals surface area contributed by atoms with Gasteiger partial charge in [0.2, 0.25) is 0 Å². The van der Waals surface area contributed by atoms with Crippen LogP contribution in [0, 0.1) is 35.0 Å². The van der Waals surface area contributed by atoms with E-state index in [0.29, 0.717) is 17.3 Å². The molecule has 34 heavy (non-hydrogen) atoms. The first kappa shape index (κ1) is 21.1. The molecule has 3 bridgehead atoms. The molecule has 1 heterocycles. The zero-order valence-corrected chi connectivity index (χ0v) is 21.3. The Labute approximate surface area is 205 Å². The molecule has 2 aromatic rings. The maximum absolute atomic E-state index is 13.5. The molecule has 0 radical (unpaired) electrons. The van der Waals surface area contributed by atoms with E-state index in [-0.39, 0.29) is 22.9 Å². The van der Waals surface area contributed by atoms with E-state index in [1.165, 1.54) is 53.0 Å². The maximum Gasteiger partial charge on any atom is 0.156 e. The highest BCUT2D eigenvalue weighted by atomic mass is 32.1. The second-order valence-electron chi connectivity index (χ2n) is 11.8. The molecule has 176 valence electrons. The number of ketones is 2. The van der Waals surface area contributed by atoms with Gasteiger partial charge in [-0.15, -0.1) is 11.3 Å². The fraction of sp³-hybridized carbons (Fsp3) is 0.533. The van der Waals surface area contributed by atoms with Crippen LogP contribution >= 0.6 is 11.3 Å². The summed E-state index contributed by atoms with van der Waals surface area (Å²) in [5.74, 6) is 3.56. The Bertz CT molecular complexity index is 1250. The van der Waals surface area contributed by atoms with E-state index in [1.54, 1.807) is 21.0 Å². The minimum absolute atomic E-state index is 0.0814. The van der Waals surface area contributed by atoms with Gasteiger partial charge in [-0.25, -0.2) is 0 Å². The summed E-state index contributed by atoms with van der Waals surface area (Å²) in [6.45, 7) is 5.51. The van der Waals surface area contributed by atoms with Crippen LogP contribution < -0.4 is 4.74 Å². The van der Waals surface area contributed by atoms with Crippen molar-refractivity contribution in [2.45, 2.75) is 58.3 Å². The zero-order valence-electron chi connectivity index (χ0n) is 20.4. The Morgan fingerprint density at radius 3 is 2.15 bits per heavy atom. The first-order chi connectivity index (χ1) is 16.3. The molecule has 5 atom stereocenters. The van der Waals surface area contributed by atoms with E-state index >= 15 is 0 Å². The van der Waals surface area contributed by atoms with Crippen molar-refractivity contribution in [3.63, 3.8) is 0 Å². The first-order valence-corrected chi connectivity index (χ1v) is 13.6. The van der Waals surface area contributed by atoms with Crippen molar-refractivity contribution in [2.24, 2.45) is 35.0 Å². The summed E-state index contributed by atoms with van der Waals surface area (Å²) in [5.41, 5.74) is 4.60. The highest BCUT2D eigenvalue weighted by Crippen LogP contribution is 2.81. The summed E-state index contributed by atoms with van der Waals surface area (Å²) in [6, 6.07) is 10.6. The third-order valence-electron chi connectivity index (χ3n) is 10.8. The van der Waals surface area contributed by atoms with Gasteiger partial charge in [-0.05, 0) is 129 Å². The average molecular weight is 473 g/mol. The van der Waals surface area contributed by atoms with Gasteiger partial charge in [-0.1, -0.05) is 0 Å². The van der Waals surface area contributed by atoms with Crippen LogP contribution in [0.15, 0.2) is 35.9 Å². The summed E-state index contributed by atoms with van der Waals surface area (Å²) in [4.78, 5) is 29.3. The molecule has 5 aliphatic carbocycles. The largest absolute Gasteiger partial charge is 0.497 e. The molecule has 0 aliphatic heterocycles. The lowest BCUT2D eigenvalue weighted by molar-refractivity contribution is -0.127. The highest BCUT2D eigenvalue weighted by Gasteiger charge is 2.76. The topological polar surface area (TPSA) is 43.4 Å². The number of methoxy groups -OCH3 is 1. The van der Waals surface area contributed by atoms with E-state index in [9.17, 15) is 9.59 Å². The Kier molecular flexibility index (Phi) is 4.17. The minimum Gasteiger partial charge on any atom is -0.497 e. The van der Waals surface area contributed by atoms with Crippen LogP contribution in [0.3, 0.4) is 0 Å². The Hall–Kier alpha value is -2.20. The predicted octanol–water partition coefficient (Wildman–Crippen LogP) is 6.70. The molecular weight excluding hydrogens is 440 g/mol. The van der Waals surface area contributed by atoms with Crippen LogP contribution in [0.2, 0.25) is 0 Å². The van der Waals surface area contributed by atoms with Crippen LogP contribution in [0.5, 0.6) is 5.75 Å². The van der Waals surface area contributed by atoms with Gasteiger partial charge in [0.25, 0.3) is 0 Å². The standard InChI is InChI=1S/C30H32O3S/c1-15-24-12-25(18-5-7-23(33-4)8-6-18)34-28(24)30(27(17(3)32)26(15)16(2)31)21-10-19-9-20-11-22(30)14-29(19,20)13-21/h5-8,12,19-22,27H,9-11,13-14H2,1-4H3. The van der Waals surface area contributed by atoms with Crippen molar-refractivity contribution in [3.8, 4) is 16.2 Å². The van der Waals surface area contributed by atoms with Gasteiger partial charge >= 0.3 is 0 Å². The molecule has 2 spiro atoms. The summed E-state index contributed by atoms with van der Waals surface area (Å²) < 4.78 is 5.38. The van der Waals surface area contributed by atoms with Crippen molar-refractivity contribution in [3.05, 3.63) is 46.3 Å². The molecule has 5 aliphatic rings. The van der Waals surface area contributed by atoms with Crippen molar-refractivity contribution < 1.29 is 14.3 Å². The van der Waals surface area contributed by atoms with Gasteiger partial charge in [0.1, 0.15) is 11.5 Å². The van der Waals surface area contributed by atoms with Crippen LogP contribution in [-0.4, -0.2) is 18.7 Å². The Morgan fingerprint density at radius 2 is 1.59 bits per heavy atom. The predicted molar refractivity (Wildman–Crippen MR) is 135 cm³/mol. The number of Topliss-reactive ketones (excluding diaryl/α,β-unsaturated/α-hetero) is 2. The number of carbonyl (C=O) groups excluding carboxylic acids is 2. The number of benzene rings is 1. The Balaban J connectivity index is 1.49. The zero-order chi connectivity index (χ0) is 23.6. The number of carbonyl (C=O) groups is 2. The SMILES string of the molecule is COc1ccc(-c2cc3c(s2)C2(C4CC5CC6CC2CC56C4)C(C(C)=O)C(C(C)=O)=C3C)cc1. The monoisotopic (exact) mass is 472 g/mol. The number of allylic oxidation sites excluding steroid dienone is 2. The van der Waals surface area contributed by atoms with Crippen LogP contribution in [0.1, 0.15) is 63.3 Å². The quantitative estimate of drug-likeness (QED) is 0.497. The molecule has 5 unspecified atom stereocenters. The van der Waals surface area contributed by atoms with Gasteiger partial charge < -0.3 is 4.74 Å². The van der Waals surface area contributed by atoms with E-state index in [1.807, 2.05) is 23.5 Å². The summed E-state index contributed by atoms with van der Waals surface area (Å²) in [6.07, 6.45) is 6.42. The van der Waals surface area contributed by atoms with Gasteiger partial charge in [0.05, 0.1) is 13.0 Å². The van der Waals surface area contributed by atoms with Crippen LogP contribution in [0.4, 0.5) is 0 Å². The lowest BCUT2D eigenvalue weighted by Crippen LogP contribution is -2.54. The van der Waals surface area contributed by atoms with E-state index in [4.69, 9.17) is 4.74 Å². The van der Waals surface area contributed by atoms with Crippen molar-refractivity contribution in [1.82, 2.24) is 0 Å². The molecule has 1 aromatic carbocycles. The minimum atomic E-state index is -0.288. The fourth-order valence-electron chi connectivity index (χ4n) is 9.70. The number of rotatable bonds is 4. The highest BCUT2D eigenvalue weighted by molar-refractivity contribution is 7.16. The molecule has 3 nitrogen and oxygen atoms in total. The normalized spacial score (nSPS) is 38.6. The fourth-order valence-corrected chi connectivity index (χ4v) is 11.3. The number of hydrogen-bond donors (Lipinski definition) is 0. The van der Waals surface area contributed by atoms with Crippen molar-refractivity contribution in [1.29, 1.82) is 0 Å². The van der Waals surface area contributed by atoms with Gasteiger partial charge in [-0.2, -0.15) is 0 Å². The third kappa shape index (κ3) is 2.29. The average Bonchev–Trinajstić information content (AvgIpc) is 3.44. The summed E-state index contributed by atoms with van der Waals surface area (Å²) in [5, 5.41) is 0. The number of thiophene rings is 1. The maximum atomic E-state index is 13.5. The summed E-state index contributed by atoms with van der Waals surface area (Å²) in [7, 11) is 1.69. The van der Waals surface area contributed by atoms with Crippen LogP contribution in [-0.2, 0) is 15.0 Å². The first-order valence-electron chi connectivity index (χ1n) is 12.8. The number of fused-ring (bicyclic) bond motifs is 6. The van der Waals surface area contributed by atoms with E-state index < -0.39 is 0 Å². The summed E-state index contributed by atoms with van der Waals surface area (Å²) >= 11 is 1.90. The molecule has 4 fully saturated rings. The second-order valence-corrected chi connectivity index (χ2v) is 12.8. The van der Waals surface area contributed by atoms with Gasteiger partial charge in [0.15, 0.2) is 5.78 Å². The molecular formula is C30H32O3S. The smallest absolute Gasteiger partial charge is 0.156 e. The molecule has 0 N–H and O–H groups in total. The molecule has 1 aromatic heterocycles. The van der Waals surface area contributed by atoms with E-state index in [0.717, 1.165) is 28.7 Å². The molecule has 4 heteroatoms. The van der Waals surface area contributed by atoms with Gasteiger partial charge in [-0.3, -0.25) is 9.59 Å². The van der Waals surface area contributed by atoms with Crippen molar-refractivity contribution in [2.75, 3.05) is 7.11 Å². The number of hydrogen-bond acceptors (Lipinski definition) is 4. The lowest BCUT2D eigenvalue weighted by Gasteiger charge is -2.54. The number of ether oxygens (including phenoxy) is 1. The lowest BCUT2D eigenvalue weighted by atomic mass is 9.49. The van der Waals surface area contributed by atoms with Gasteiger partial charge in [0, 0.05) is 20.7 Å². The molecule has 0 amide bonds. The van der Waals surface area contributed by atoms with E-state index in [2.05, 4.69) is 25.1 Å². The molecule has 4 saturated carbocycles.